The predicted molar refractivity (Wildman–Crippen MR) is 60.8 cm³/mol. The summed E-state index contributed by atoms with van der Waals surface area (Å²) in [5, 5.41) is 8.61. The van der Waals surface area contributed by atoms with Gasteiger partial charge in [-0.05, 0) is 18.1 Å². The fourth-order valence-electron chi connectivity index (χ4n) is 1.41. The van der Waals surface area contributed by atoms with Gasteiger partial charge in [0.05, 0.1) is 5.56 Å². The minimum absolute atomic E-state index is 0.113. The van der Waals surface area contributed by atoms with Crippen LogP contribution in [-0.4, -0.2) is 29.4 Å². The lowest BCUT2D eigenvalue weighted by molar-refractivity contribution is 0.0773. The Bertz CT molecular complexity index is 403. The number of nitriles is 1. The van der Waals surface area contributed by atoms with Gasteiger partial charge in [-0.25, -0.2) is 4.98 Å². The Kier molecular flexibility index (Phi) is 4.01. The molecule has 0 bridgehead atoms. The smallest absolute Gasteiger partial charge is 0.272 e. The van der Waals surface area contributed by atoms with Crippen LogP contribution in [-0.2, 0) is 0 Å². The highest BCUT2D eigenvalue weighted by Gasteiger charge is 2.13. The number of hydrogen-bond acceptors (Lipinski definition) is 3. The SMILES string of the molecule is CC(C)CN(C)C(=O)c1ccc(C#N)cn1. The van der Waals surface area contributed by atoms with Gasteiger partial charge in [0.15, 0.2) is 0 Å². The molecule has 84 valence electrons. The maximum absolute atomic E-state index is 11.9. The van der Waals surface area contributed by atoms with Crippen molar-refractivity contribution in [3.8, 4) is 6.07 Å². The first-order valence-corrected chi connectivity index (χ1v) is 5.16. The lowest BCUT2D eigenvalue weighted by Gasteiger charge is -2.18. The Morgan fingerprint density at radius 3 is 2.69 bits per heavy atom. The zero-order chi connectivity index (χ0) is 12.1. The summed E-state index contributed by atoms with van der Waals surface area (Å²) >= 11 is 0. The lowest BCUT2D eigenvalue weighted by atomic mass is 10.2. The van der Waals surface area contributed by atoms with E-state index in [-0.39, 0.29) is 5.91 Å². The Hall–Kier alpha value is -1.89. The Labute approximate surface area is 95.5 Å². The zero-order valence-corrected chi connectivity index (χ0v) is 9.77. The molecule has 4 nitrogen and oxygen atoms in total. The van der Waals surface area contributed by atoms with E-state index < -0.39 is 0 Å². The molecule has 16 heavy (non-hydrogen) atoms. The average Bonchev–Trinajstić information content (AvgIpc) is 2.27. The second kappa shape index (κ2) is 5.26. The van der Waals surface area contributed by atoms with Crippen molar-refractivity contribution in [3.05, 3.63) is 29.6 Å². The number of pyridine rings is 1. The lowest BCUT2D eigenvalue weighted by Crippen LogP contribution is -2.30. The van der Waals surface area contributed by atoms with E-state index >= 15 is 0 Å². The van der Waals surface area contributed by atoms with Crippen LogP contribution >= 0.6 is 0 Å². The molecular weight excluding hydrogens is 202 g/mol. The summed E-state index contributed by atoms with van der Waals surface area (Å²) in [6, 6.07) is 5.15. The fraction of sp³-hybridized carbons (Fsp3) is 0.417. The second-order valence-corrected chi connectivity index (χ2v) is 4.12. The van der Waals surface area contributed by atoms with Gasteiger partial charge in [-0.2, -0.15) is 5.26 Å². The summed E-state index contributed by atoms with van der Waals surface area (Å²) in [5.41, 5.74) is 0.838. The molecule has 0 saturated heterocycles. The molecule has 0 N–H and O–H groups in total. The van der Waals surface area contributed by atoms with E-state index in [4.69, 9.17) is 5.26 Å². The summed E-state index contributed by atoms with van der Waals surface area (Å²) in [7, 11) is 1.75. The average molecular weight is 217 g/mol. The molecule has 0 aliphatic carbocycles. The fourth-order valence-corrected chi connectivity index (χ4v) is 1.41. The highest BCUT2D eigenvalue weighted by molar-refractivity contribution is 5.92. The van der Waals surface area contributed by atoms with E-state index in [2.05, 4.69) is 18.8 Å². The van der Waals surface area contributed by atoms with Crippen LogP contribution in [0, 0.1) is 17.2 Å². The Morgan fingerprint density at radius 1 is 1.56 bits per heavy atom. The number of aromatic nitrogens is 1. The molecule has 1 rings (SSSR count). The van der Waals surface area contributed by atoms with Crippen molar-refractivity contribution < 1.29 is 4.79 Å². The van der Waals surface area contributed by atoms with Gasteiger partial charge in [-0.1, -0.05) is 13.8 Å². The van der Waals surface area contributed by atoms with E-state index in [1.54, 1.807) is 24.1 Å². The molecule has 0 atom stereocenters. The minimum atomic E-state index is -0.113. The summed E-state index contributed by atoms with van der Waals surface area (Å²) in [5.74, 6) is 0.311. The summed E-state index contributed by atoms with van der Waals surface area (Å²) in [4.78, 5) is 17.5. The first-order valence-electron chi connectivity index (χ1n) is 5.16. The maximum atomic E-state index is 11.9. The summed E-state index contributed by atoms with van der Waals surface area (Å²) in [6.07, 6.45) is 1.41. The molecule has 0 aliphatic heterocycles. The third-order valence-electron chi connectivity index (χ3n) is 2.10. The number of carbonyl (C=O) groups excluding carboxylic acids is 1. The number of carbonyl (C=O) groups is 1. The highest BCUT2D eigenvalue weighted by Crippen LogP contribution is 2.04. The first-order chi connectivity index (χ1) is 7.54. The molecule has 1 aromatic heterocycles. The van der Waals surface area contributed by atoms with E-state index in [0.717, 1.165) is 0 Å². The second-order valence-electron chi connectivity index (χ2n) is 4.12. The van der Waals surface area contributed by atoms with E-state index in [1.807, 2.05) is 6.07 Å². The van der Waals surface area contributed by atoms with Gasteiger partial charge in [0, 0.05) is 19.8 Å². The largest absolute Gasteiger partial charge is 0.340 e. The molecule has 0 radical (unpaired) electrons. The van der Waals surface area contributed by atoms with Crippen molar-refractivity contribution in [2.75, 3.05) is 13.6 Å². The Morgan fingerprint density at radius 2 is 2.25 bits per heavy atom. The van der Waals surface area contributed by atoms with Crippen molar-refractivity contribution in [1.82, 2.24) is 9.88 Å². The van der Waals surface area contributed by atoms with Crippen LogP contribution in [0.5, 0.6) is 0 Å². The number of amides is 1. The maximum Gasteiger partial charge on any atom is 0.272 e. The first kappa shape index (κ1) is 12.2. The normalized spacial score (nSPS) is 9.94. The van der Waals surface area contributed by atoms with Crippen LogP contribution in [0.2, 0.25) is 0 Å². The van der Waals surface area contributed by atoms with Gasteiger partial charge in [-0.15, -0.1) is 0 Å². The van der Waals surface area contributed by atoms with Crippen LogP contribution in [0.4, 0.5) is 0 Å². The molecule has 0 aromatic carbocycles. The number of nitrogens with zero attached hydrogens (tertiary/aromatic N) is 3. The molecule has 4 heteroatoms. The third-order valence-corrected chi connectivity index (χ3v) is 2.10. The van der Waals surface area contributed by atoms with Crippen LogP contribution in [0.3, 0.4) is 0 Å². The van der Waals surface area contributed by atoms with Crippen LogP contribution in [0.15, 0.2) is 18.3 Å². The predicted octanol–water partition coefficient (Wildman–Crippen LogP) is 1.68. The molecule has 0 saturated carbocycles. The molecule has 1 aromatic rings. The molecule has 0 unspecified atom stereocenters. The van der Waals surface area contributed by atoms with Crippen molar-refractivity contribution in [2.24, 2.45) is 5.92 Å². The van der Waals surface area contributed by atoms with Crippen LogP contribution in [0.25, 0.3) is 0 Å². The quantitative estimate of drug-likeness (QED) is 0.774. The molecule has 1 amide bonds. The van der Waals surface area contributed by atoms with Gasteiger partial charge in [0.25, 0.3) is 5.91 Å². The van der Waals surface area contributed by atoms with E-state index in [1.165, 1.54) is 6.20 Å². The standard InChI is InChI=1S/C12H15N3O/c1-9(2)8-15(3)12(16)11-5-4-10(6-13)7-14-11/h4-5,7,9H,8H2,1-3H3. The molecule has 0 spiro atoms. The topological polar surface area (TPSA) is 57.0 Å². The zero-order valence-electron chi connectivity index (χ0n) is 9.77. The minimum Gasteiger partial charge on any atom is -0.340 e. The number of rotatable bonds is 3. The van der Waals surface area contributed by atoms with Gasteiger partial charge >= 0.3 is 0 Å². The summed E-state index contributed by atoms with van der Waals surface area (Å²) < 4.78 is 0. The molecular formula is C12H15N3O. The van der Waals surface area contributed by atoms with Crippen molar-refractivity contribution in [3.63, 3.8) is 0 Å². The van der Waals surface area contributed by atoms with Gasteiger partial charge in [-0.3, -0.25) is 4.79 Å². The third kappa shape index (κ3) is 3.06. The van der Waals surface area contributed by atoms with Crippen LogP contribution in [0.1, 0.15) is 29.9 Å². The van der Waals surface area contributed by atoms with Gasteiger partial charge in [0.1, 0.15) is 11.8 Å². The Balaban J connectivity index is 2.77. The van der Waals surface area contributed by atoms with Crippen LogP contribution < -0.4 is 0 Å². The number of hydrogen-bond donors (Lipinski definition) is 0. The monoisotopic (exact) mass is 217 g/mol. The molecule has 0 fully saturated rings. The van der Waals surface area contributed by atoms with E-state index in [0.29, 0.717) is 23.7 Å². The van der Waals surface area contributed by atoms with Gasteiger partial charge < -0.3 is 4.90 Å². The van der Waals surface area contributed by atoms with Crippen molar-refractivity contribution in [1.29, 1.82) is 5.26 Å². The van der Waals surface area contributed by atoms with Crippen molar-refractivity contribution in [2.45, 2.75) is 13.8 Å². The molecule has 1 heterocycles. The van der Waals surface area contributed by atoms with Crippen molar-refractivity contribution >= 4 is 5.91 Å². The highest BCUT2D eigenvalue weighted by atomic mass is 16.2. The van der Waals surface area contributed by atoms with E-state index in [9.17, 15) is 4.79 Å². The molecule has 0 aliphatic rings. The summed E-state index contributed by atoms with van der Waals surface area (Å²) in [6.45, 7) is 4.80. The van der Waals surface area contributed by atoms with Gasteiger partial charge in [0.2, 0.25) is 0 Å².